The lowest BCUT2D eigenvalue weighted by Gasteiger charge is -2.30. The average molecular weight is 412 g/mol. The highest BCUT2D eigenvalue weighted by Crippen LogP contribution is 2.36. The third-order valence-electron chi connectivity index (χ3n) is 5.00. The van der Waals surface area contributed by atoms with Gasteiger partial charge in [-0.25, -0.2) is 0 Å². The SMILES string of the molecule is CCOc1ccc(NC(=O)C2CC(=O)Nc3nc(N4CCOCC4)nc(N)c32)cc1. The van der Waals surface area contributed by atoms with E-state index in [0.29, 0.717) is 55.9 Å². The molecule has 0 radical (unpaired) electrons. The zero-order valence-corrected chi connectivity index (χ0v) is 16.7. The number of carbonyl (C=O) groups excluding carboxylic acids is 2. The monoisotopic (exact) mass is 412 g/mol. The number of hydrogen-bond donors (Lipinski definition) is 3. The van der Waals surface area contributed by atoms with Crippen molar-refractivity contribution in [2.24, 2.45) is 0 Å². The Morgan fingerprint density at radius 3 is 2.73 bits per heavy atom. The molecule has 0 saturated carbocycles. The van der Waals surface area contributed by atoms with Crippen LogP contribution in [0.25, 0.3) is 0 Å². The van der Waals surface area contributed by atoms with Crippen LogP contribution in [-0.2, 0) is 14.3 Å². The molecular formula is C20H24N6O4. The predicted molar refractivity (Wildman–Crippen MR) is 112 cm³/mol. The van der Waals surface area contributed by atoms with Crippen LogP contribution in [0.15, 0.2) is 24.3 Å². The second kappa shape index (κ2) is 8.54. The van der Waals surface area contributed by atoms with Crippen molar-refractivity contribution in [2.45, 2.75) is 19.3 Å². The van der Waals surface area contributed by atoms with Crippen molar-refractivity contribution >= 4 is 35.1 Å². The summed E-state index contributed by atoms with van der Waals surface area (Å²) in [6.07, 6.45) is -0.0275. The third-order valence-corrected chi connectivity index (χ3v) is 5.00. The number of rotatable bonds is 5. The number of carbonyl (C=O) groups is 2. The van der Waals surface area contributed by atoms with Crippen LogP contribution in [-0.4, -0.2) is 54.7 Å². The number of amides is 2. The lowest BCUT2D eigenvalue weighted by atomic mass is 9.92. The summed E-state index contributed by atoms with van der Waals surface area (Å²) in [5.41, 5.74) is 7.25. The number of nitrogens with one attached hydrogen (secondary N) is 2. The third kappa shape index (κ3) is 4.13. The molecule has 4 N–H and O–H groups in total. The fourth-order valence-corrected chi connectivity index (χ4v) is 3.54. The van der Waals surface area contributed by atoms with Crippen LogP contribution in [0.4, 0.5) is 23.3 Å². The minimum Gasteiger partial charge on any atom is -0.494 e. The second-order valence-electron chi connectivity index (χ2n) is 7.02. The number of fused-ring (bicyclic) bond motifs is 1. The number of benzene rings is 1. The first kappa shape index (κ1) is 19.9. The van der Waals surface area contributed by atoms with Gasteiger partial charge in [-0.15, -0.1) is 0 Å². The van der Waals surface area contributed by atoms with Crippen molar-refractivity contribution in [3.05, 3.63) is 29.8 Å². The Balaban J connectivity index is 1.57. The van der Waals surface area contributed by atoms with Crippen molar-refractivity contribution in [2.75, 3.05) is 54.2 Å². The van der Waals surface area contributed by atoms with Gasteiger partial charge in [0.05, 0.1) is 31.3 Å². The van der Waals surface area contributed by atoms with Gasteiger partial charge < -0.3 is 30.7 Å². The van der Waals surface area contributed by atoms with E-state index >= 15 is 0 Å². The Labute approximate surface area is 173 Å². The normalized spacial score (nSPS) is 18.4. The second-order valence-corrected chi connectivity index (χ2v) is 7.02. The van der Waals surface area contributed by atoms with Gasteiger partial charge >= 0.3 is 0 Å². The van der Waals surface area contributed by atoms with E-state index < -0.39 is 5.92 Å². The number of anilines is 4. The van der Waals surface area contributed by atoms with Gasteiger partial charge in [-0.1, -0.05) is 0 Å². The van der Waals surface area contributed by atoms with Crippen molar-refractivity contribution in [3.63, 3.8) is 0 Å². The molecule has 2 amide bonds. The van der Waals surface area contributed by atoms with Gasteiger partial charge in [-0.05, 0) is 31.2 Å². The number of nitrogen functional groups attached to an aromatic ring is 1. The zero-order chi connectivity index (χ0) is 21.1. The highest BCUT2D eigenvalue weighted by Gasteiger charge is 2.35. The predicted octanol–water partition coefficient (Wildman–Crippen LogP) is 1.36. The maximum absolute atomic E-state index is 13.0. The molecule has 0 aliphatic carbocycles. The fourth-order valence-electron chi connectivity index (χ4n) is 3.54. The van der Waals surface area contributed by atoms with Gasteiger partial charge in [-0.3, -0.25) is 9.59 Å². The summed E-state index contributed by atoms with van der Waals surface area (Å²) < 4.78 is 10.8. The van der Waals surface area contributed by atoms with Crippen LogP contribution in [0.1, 0.15) is 24.8 Å². The lowest BCUT2D eigenvalue weighted by molar-refractivity contribution is -0.123. The molecule has 1 aromatic heterocycles. The van der Waals surface area contributed by atoms with Crippen LogP contribution in [0.2, 0.25) is 0 Å². The van der Waals surface area contributed by atoms with E-state index in [1.54, 1.807) is 24.3 Å². The molecule has 0 spiro atoms. The van der Waals surface area contributed by atoms with Crippen molar-refractivity contribution in [1.29, 1.82) is 0 Å². The first-order valence-corrected chi connectivity index (χ1v) is 9.89. The molecule has 158 valence electrons. The molecule has 1 aromatic carbocycles. The molecule has 1 fully saturated rings. The average Bonchev–Trinajstić information content (AvgIpc) is 2.75. The molecule has 10 heteroatoms. The number of nitrogens with two attached hydrogens (primary N) is 1. The van der Waals surface area contributed by atoms with E-state index in [2.05, 4.69) is 20.6 Å². The number of nitrogens with zero attached hydrogens (tertiary/aromatic N) is 3. The topological polar surface area (TPSA) is 132 Å². The number of aromatic nitrogens is 2. The molecule has 0 bridgehead atoms. The van der Waals surface area contributed by atoms with Crippen LogP contribution < -0.4 is 26.0 Å². The number of hydrogen-bond acceptors (Lipinski definition) is 8. The van der Waals surface area contributed by atoms with Gasteiger partial charge in [0.15, 0.2) is 0 Å². The highest BCUT2D eigenvalue weighted by atomic mass is 16.5. The molecule has 30 heavy (non-hydrogen) atoms. The standard InChI is InChI=1S/C20H24N6O4/c1-2-30-13-5-3-12(4-6-13)22-19(28)14-11-15(27)23-18-16(14)17(21)24-20(25-18)26-7-9-29-10-8-26/h3-6,14H,2,7-11H2,1H3,(H,22,28)(H3,21,23,24,25,27). The minimum atomic E-state index is -0.779. The van der Waals surface area contributed by atoms with E-state index in [4.69, 9.17) is 15.2 Å². The Morgan fingerprint density at radius 1 is 1.30 bits per heavy atom. The largest absolute Gasteiger partial charge is 0.494 e. The van der Waals surface area contributed by atoms with E-state index in [1.165, 1.54) is 0 Å². The molecule has 3 heterocycles. The Morgan fingerprint density at radius 2 is 2.03 bits per heavy atom. The van der Waals surface area contributed by atoms with Crippen LogP contribution in [0, 0.1) is 0 Å². The molecule has 1 unspecified atom stereocenters. The van der Waals surface area contributed by atoms with E-state index in [9.17, 15) is 9.59 Å². The molecule has 1 atom stereocenters. The molecule has 2 aliphatic rings. The van der Waals surface area contributed by atoms with Gasteiger partial charge in [0.25, 0.3) is 0 Å². The van der Waals surface area contributed by atoms with E-state index in [0.717, 1.165) is 0 Å². The first-order valence-electron chi connectivity index (χ1n) is 9.89. The van der Waals surface area contributed by atoms with Crippen molar-refractivity contribution < 1.29 is 19.1 Å². The summed E-state index contributed by atoms with van der Waals surface area (Å²) in [6.45, 7) is 4.87. The molecule has 4 rings (SSSR count). The van der Waals surface area contributed by atoms with E-state index in [-0.39, 0.29) is 29.9 Å². The van der Waals surface area contributed by atoms with Crippen molar-refractivity contribution in [1.82, 2.24) is 9.97 Å². The van der Waals surface area contributed by atoms with Gasteiger partial charge in [-0.2, -0.15) is 9.97 Å². The Bertz CT molecular complexity index is 943. The summed E-state index contributed by atoms with van der Waals surface area (Å²) in [5.74, 6) is 0.193. The zero-order valence-electron chi connectivity index (χ0n) is 16.7. The summed E-state index contributed by atoms with van der Waals surface area (Å²) in [5, 5.41) is 5.56. The van der Waals surface area contributed by atoms with Crippen LogP contribution >= 0.6 is 0 Å². The lowest BCUT2D eigenvalue weighted by Crippen LogP contribution is -2.38. The fraction of sp³-hybridized carbons (Fsp3) is 0.400. The van der Waals surface area contributed by atoms with Gasteiger partial charge in [0, 0.05) is 25.2 Å². The number of ether oxygens (including phenoxy) is 2. The first-order chi connectivity index (χ1) is 14.5. The Kier molecular flexibility index (Phi) is 5.66. The number of morpholine rings is 1. The summed E-state index contributed by atoms with van der Waals surface area (Å²) >= 11 is 0. The quantitative estimate of drug-likeness (QED) is 0.671. The van der Waals surface area contributed by atoms with Crippen LogP contribution in [0.3, 0.4) is 0 Å². The van der Waals surface area contributed by atoms with E-state index in [1.807, 2.05) is 11.8 Å². The van der Waals surface area contributed by atoms with Crippen molar-refractivity contribution in [3.8, 4) is 5.75 Å². The van der Waals surface area contributed by atoms with Crippen LogP contribution in [0.5, 0.6) is 5.75 Å². The van der Waals surface area contributed by atoms with Gasteiger partial charge in [0.1, 0.15) is 17.4 Å². The summed E-state index contributed by atoms with van der Waals surface area (Å²) in [7, 11) is 0. The molecular weight excluding hydrogens is 388 g/mol. The smallest absolute Gasteiger partial charge is 0.232 e. The molecule has 10 nitrogen and oxygen atoms in total. The van der Waals surface area contributed by atoms with Gasteiger partial charge in [0.2, 0.25) is 17.8 Å². The maximum Gasteiger partial charge on any atom is 0.232 e. The molecule has 2 aromatic rings. The molecule has 2 aliphatic heterocycles. The summed E-state index contributed by atoms with van der Waals surface area (Å²) in [4.78, 5) is 36.0. The highest BCUT2D eigenvalue weighted by molar-refractivity contribution is 6.05. The Hall–Kier alpha value is -3.40. The summed E-state index contributed by atoms with van der Waals surface area (Å²) in [6, 6.07) is 7.03. The minimum absolute atomic E-state index is 0.0275. The molecule has 1 saturated heterocycles. The maximum atomic E-state index is 13.0.